The van der Waals surface area contributed by atoms with Crippen molar-refractivity contribution in [2.24, 2.45) is 0 Å². The van der Waals surface area contributed by atoms with Crippen molar-refractivity contribution in [3.8, 4) is 0 Å². The van der Waals surface area contributed by atoms with Gasteiger partial charge in [-0.15, -0.1) is 0 Å². The molecule has 0 aromatic heterocycles. The minimum atomic E-state index is -3.63. The van der Waals surface area contributed by atoms with Gasteiger partial charge in [-0.25, -0.2) is 16.8 Å². The van der Waals surface area contributed by atoms with Gasteiger partial charge >= 0.3 is 0 Å². The van der Waals surface area contributed by atoms with Crippen LogP contribution in [0.2, 0.25) is 0 Å². The van der Waals surface area contributed by atoms with E-state index in [1.165, 1.54) is 39.5 Å². The average Bonchev–Trinajstić information content (AvgIpc) is 3.09. The molecular weight excluding hydrogens is 424 g/mol. The van der Waals surface area contributed by atoms with Gasteiger partial charge in [0, 0.05) is 29.7 Å². The third-order valence-corrected chi connectivity index (χ3v) is 8.38. The molecule has 0 spiro atoms. The number of anilines is 1. The molecule has 1 heterocycles. The third-order valence-electron chi connectivity index (χ3n) is 4.94. The van der Waals surface area contributed by atoms with Gasteiger partial charge in [0.1, 0.15) is 0 Å². The predicted molar refractivity (Wildman–Crippen MR) is 117 cm³/mol. The molecule has 0 bridgehead atoms. The molecule has 1 amide bonds. The minimum absolute atomic E-state index is 0.109. The maximum Gasteiger partial charge on any atom is 0.258 e. The molecule has 0 saturated carbocycles. The molecule has 1 aliphatic rings. The van der Waals surface area contributed by atoms with E-state index in [-0.39, 0.29) is 16.2 Å². The maximum atomic E-state index is 13.3. The molecule has 1 aliphatic heterocycles. The van der Waals surface area contributed by atoms with E-state index in [1.54, 1.807) is 44.2 Å². The van der Waals surface area contributed by atoms with Gasteiger partial charge in [-0.3, -0.25) is 4.79 Å². The van der Waals surface area contributed by atoms with Crippen LogP contribution in [0.4, 0.5) is 5.69 Å². The van der Waals surface area contributed by atoms with Crippen LogP contribution in [-0.2, 0) is 19.9 Å². The molecule has 0 unspecified atom stereocenters. The fourth-order valence-electron chi connectivity index (χ4n) is 3.39. The number of carbonyl (C=O) groups is 1. The Bertz CT molecular complexity index is 1140. The topological polar surface area (TPSA) is 91.8 Å². The maximum absolute atomic E-state index is 13.3. The van der Waals surface area contributed by atoms with Gasteiger partial charge < -0.3 is 4.90 Å². The number of hydrogen-bond acceptors (Lipinski definition) is 5. The zero-order valence-electron chi connectivity index (χ0n) is 16.8. The smallest absolute Gasteiger partial charge is 0.258 e. The van der Waals surface area contributed by atoms with Crippen molar-refractivity contribution in [1.29, 1.82) is 0 Å². The minimum Gasteiger partial charge on any atom is -0.300 e. The molecule has 30 heavy (non-hydrogen) atoms. The number of nitrogens with zero attached hydrogens (tertiary/aromatic N) is 2. The Morgan fingerprint density at radius 1 is 1.00 bits per heavy atom. The van der Waals surface area contributed by atoms with Crippen LogP contribution in [0, 0.1) is 0 Å². The number of rotatable bonds is 7. The summed E-state index contributed by atoms with van der Waals surface area (Å²) in [5.41, 5.74) is 0.837. The molecule has 3 rings (SSSR count). The highest BCUT2D eigenvalue weighted by molar-refractivity contribution is 7.94. The Balaban J connectivity index is 1.95. The van der Waals surface area contributed by atoms with Crippen molar-refractivity contribution in [2.75, 3.05) is 23.7 Å². The SMILES string of the molecule is CCN(CC)S(=O)(=O)c1ccc(C(=O)N(c2ccccc2)[C@H]2C=CS(=O)(=O)C2)cc1. The first-order valence-electron chi connectivity index (χ1n) is 9.59. The van der Waals surface area contributed by atoms with E-state index in [4.69, 9.17) is 0 Å². The molecular formula is C21H24N2O5S2. The summed E-state index contributed by atoms with van der Waals surface area (Å²) >= 11 is 0. The summed E-state index contributed by atoms with van der Waals surface area (Å²) < 4.78 is 50.5. The summed E-state index contributed by atoms with van der Waals surface area (Å²) in [6.45, 7) is 4.23. The summed E-state index contributed by atoms with van der Waals surface area (Å²) in [4.78, 5) is 14.8. The number of para-hydroxylation sites is 1. The zero-order chi connectivity index (χ0) is 21.9. The van der Waals surface area contributed by atoms with Gasteiger partial charge in [-0.05, 0) is 42.5 Å². The first-order valence-corrected chi connectivity index (χ1v) is 12.7. The molecule has 0 N–H and O–H groups in total. The second-order valence-electron chi connectivity index (χ2n) is 6.85. The molecule has 1 atom stereocenters. The normalized spacial score (nSPS) is 17.9. The number of carbonyl (C=O) groups excluding carboxylic acids is 1. The van der Waals surface area contributed by atoms with Crippen molar-refractivity contribution in [3.05, 3.63) is 71.6 Å². The van der Waals surface area contributed by atoms with Gasteiger partial charge in [0.15, 0.2) is 9.84 Å². The van der Waals surface area contributed by atoms with E-state index in [9.17, 15) is 21.6 Å². The number of sulfonamides is 1. The van der Waals surface area contributed by atoms with Crippen LogP contribution in [0.15, 0.2) is 71.0 Å². The highest BCUT2D eigenvalue weighted by Gasteiger charge is 2.32. The Morgan fingerprint density at radius 3 is 2.10 bits per heavy atom. The lowest BCUT2D eigenvalue weighted by atomic mass is 10.1. The lowest BCUT2D eigenvalue weighted by Gasteiger charge is -2.28. The van der Waals surface area contributed by atoms with E-state index in [2.05, 4.69) is 0 Å². The number of sulfone groups is 1. The van der Waals surface area contributed by atoms with Crippen LogP contribution in [0.3, 0.4) is 0 Å². The van der Waals surface area contributed by atoms with Crippen molar-refractivity contribution in [3.63, 3.8) is 0 Å². The standard InChI is InChI=1S/C21H24N2O5S2/c1-3-22(4-2)30(27,28)20-12-10-17(11-13-20)21(24)23(18-8-6-5-7-9-18)19-14-15-29(25,26)16-19/h5-15,19H,3-4,16H2,1-2H3/t19-/m0/s1. The van der Waals surface area contributed by atoms with Crippen LogP contribution in [0.5, 0.6) is 0 Å². The number of amides is 1. The highest BCUT2D eigenvalue weighted by atomic mass is 32.2. The molecule has 2 aromatic carbocycles. The highest BCUT2D eigenvalue weighted by Crippen LogP contribution is 2.25. The van der Waals surface area contributed by atoms with Gasteiger partial charge in [0.2, 0.25) is 10.0 Å². The summed E-state index contributed by atoms with van der Waals surface area (Å²) in [5, 5.41) is 1.13. The summed E-state index contributed by atoms with van der Waals surface area (Å²) in [6, 6.07) is 13.9. The molecule has 7 nitrogen and oxygen atoms in total. The average molecular weight is 449 g/mol. The largest absolute Gasteiger partial charge is 0.300 e. The Morgan fingerprint density at radius 2 is 1.60 bits per heavy atom. The predicted octanol–water partition coefficient (Wildman–Crippen LogP) is 2.67. The zero-order valence-corrected chi connectivity index (χ0v) is 18.4. The van der Waals surface area contributed by atoms with E-state index in [0.717, 1.165) is 5.41 Å². The lowest BCUT2D eigenvalue weighted by Crippen LogP contribution is -2.41. The molecule has 0 aliphatic carbocycles. The summed E-state index contributed by atoms with van der Waals surface area (Å²) in [7, 11) is -6.99. The fourth-order valence-corrected chi connectivity index (χ4v) is 6.12. The number of benzene rings is 2. The van der Waals surface area contributed by atoms with Gasteiger partial charge in [-0.1, -0.05) is 32.0 Å². The van der Waals surface area contributed by atoms with Crippen molar-refractivity contribution >= 4 is 31.5 Å². The second kappa shape index (κ2) is 8.71. The lowest BCUT2D eigenvalue weighted by molar-refractivity contribution is 0.0983. The van der Waals surface area contributed by atoms with Crippen LogP contribution >= 0.6 is 0 Å². The molecule has 2 aromatic rings. The quantitative estimate of drug-likeness (QED) is 0.649. The summed E-state index contributed by atoms with van der Waals surface area (Å²) in [5.74, 6) is -0.595. The Labute approximate surface area is 177 Å². The van der Waals surface area contributed by atoms with Gasteiger partial charge in [0.25, 0.3) is 5.91 Å². The van der Waals surface area contributed by atoms with Crippen molar-refractivity contribution in [2.45, 2.75) is 24.8 Å². The van der Waals surface area contributed by atoms with Gasteiger partial charge in [0.05, 0.1) is 16.7 Å². The van der Waals surface area contributed by atoms with E-state index in [0.29, 0.717) is 18.8 Å². The molecule has 160 valence electrons. The van der Waals surface area contributed by atoms with E-state index < -0.39 is 31.8 Å². The van der Waals surface area contributed by atoms with E-state index >= 15 is 0 Å². The van der Waals surface area contributed by atoms with Crippen LogP contribution < -0.4 is 4.90 Å². The first-order chi connectivity index (χ1) is 14.2. The molecule has 9 heteroatoms. The summed E-state index contributed by atoms with van der Waals surface area (Å²) in [6.07, 6.45) is 1.50. The number of hydrogen-bond donors (Lipinski definition) is 0. The van der Waals surface area contributed by atoms with Crippen LogP contribution in [0.1, 0.15) is 24.2 Å². The van der Waals surface area contributed by atoms with E-state index in [1.807, 2.05) is 0 Å². The first kappa shape index (κ1) is 22.2. The molecule has 0 fully saturated rings. The second-order valence-corrected chi connectivity index (χ2v) is 10.7. The monoisotopic (exact) mass is 448 g/mol. The van der Waals surface area contributed by atoms with Crippen molar-refractivity contribution < 1.29 is 21.6 Å². The van der Waals surface area contributed by atoms with Gasteiger partial charge in [-0.2, -0.15) is 4.31 Å². The third kappa shape index (κ3) is 4.48. The Kier molecular flexibility index (Phi) is 6.44. The Hall–Kier alpha value is -2.49. The molecule has 0 radical (unpaired) electrons. The molecule has 0 saturated heterocycles. The fraction of sp³-hybridized carbons (Fsp3) is 0.286. The van der Waals surface area contributed by atoms with Crippen molar-refractivity contribution in [1.82, 2.24) is 4.31 Å². The van der Waals surface area contributed by atoms with Crippen LogP contribution in [-0.4, -0.2) is 51.9 Å². The van der Waals surface area contributed by atoms with Crippen LogP contribution in [0.25, 0.3) is 0 Å².